The molecule has 3 aromatic carbocycles. The van der Waals surface area contributed by atoms with Crippen LogP contribution in [0, 0.1) is 23.5 Å². The minimum absolute atomic E-state index is 0.0259. The summed E-state index contributed by atoms with van der Waals surface area (Å²) >= 11 is 0. The summed E-state index contributed by atoms with van der Waals surface area (Å²) in [6.07, 6.45) is -1.13. The smallest absolute Gasteiger partial charge is 0.243 e. The van der Waals surface area contributed by atoms with E-state index in [2.05, 4.69) is 16.0 Å². The summed E-state index contributed by atoms with van der Waals surface area (Å²) in [7, 11) is -4.02. The van der Waals surface area contributed by atoms with E-state index in [1.165, 1.54) is 28.6 Å². The highest BCUT2D eigenvalue weighted by Crippen LogP contribution is 2.20. The lowest BCUT2D eigenvalue weighted by Crippen LogP contribution is -2.57. The second-order valence-electron chi connectivity index (χ2n) is 12.3. The molecule has 3 aromatic rings. The number of hydrogen-bond donors (Lipinski definition) is 5. The number of amides is 2. The predicted octanol–water partition coefficient (Wildman–Crippen LogP) is 3.21. The fourth-order valence-electron chi connectivity index (χ4n) is 5.02. The van der Waals surface area contributed by atoms with Crippen molar-refractivity contribution < 1.29 is 31.9 Å². The van der Waals surface area contributed by atoms with Crippen molar-refractivity contribution >= 4 is 27.5 Å². The van der Waals surface area contributed by atoms with Crippen molar-refractivity contribution in [2.24, 2.45) is 11.8 Å². The Hall–Kier alpha value is -3.91. The molecule has 0 heterocycles. The van der Waals surface area contributed by atoms with Gasteiger partial charge in [0.05, 0.1) is 23.6 Å². The van der Waals surface area contributed by atoms with Gasteiger partial charge in [0.2, 0.25) is 21.8 Å². The average Bonchev–Trinajstić information content (AvgIpc) is 2.99. The molecular weight excluding hydrogens is 628 g/mol. The number of benzene rings is 3. The van der Waals surface area contributed by atoms with Crippen LogP contribution in [0.15, 0.2) is 77.7 Å². The molecule has 0 aliphatic heterocycles. The van der Waals surface area contributed by atoms with Crippen LogP contribution in [-0.2, 0) is 32.6 Å². The van der Waals surface area contributed by atoms with Crippen molar-refractivity contribution in [2.75, 3.05) is 25.4 Å². The average molecular weight is 674 g/mol. The summed E-state index contributed by atoms with van der Waals surface area (Å²) in [4.78, 5) is 26.4. The number of aliphatic hydroxyl groups is 1. The maximum Gasteiger partial charge on any atom is 0.243 e. The van der Waals surface area contributed by atoms with Crippen LogP contribution >= 0.6 is 0 Å². The number of nitrogen functional groups attached to an aromatic ring is 1. The monoisotopic (exact) mass is 673 g/mol. The number of nitrogens with one attached hydrogen (secondary N) is 3. The van der Waals surface area contributed by atoms with Crippen LogP contribution in [0.25, 0.3) is 0 Å². The third kappa shape index (κ3) is 11.7. The second-order valence-corrected chi connectivity index (χ2v) is 14.3. The summed E-state index contributed by atoms with van der Waals surface area (Å²) in [6, 6.07) is 16.1. The number of rotatable bonds is 17. The van der Waals surface area contributed by atoms with Crippen LogP contribution in [0.1, 0.15) is 38.8 Å². The zero-order chi connectivity index (χ0) is 34.7. The quantitative estimate of drug-likeness (QED) is 0.138. The minimum atomic E-state index is -4.02. The zero-order valence-corrected chi connectivity index (χ0v) is 27.9. The third-order valence-electron chi connectivity index (χ3n) is 7.37. The molecule has 0 spiro atoms. The Morgan fingerprint density at radius 2 is 1.49 bits per heavy atom. The zero-order valence-electron chi connectivity index (χ0n) is 27.1. The first-order chi connectivity index (χ1) is 22.1. The Balaban J connectivity index is 1.76. The highest BCUT2D eigenvalue weighted by atomic mass is 32.2. The van der Waals surface area contributed by atoms with Crippen LogP contribution in [0.2, 0.25) is 0 Å². The number of nitrogens with zero attached hydrogens (tertiary/aromatic N) is 1. The summed E-state index contributed by atoms with van der Waals surface area (Å²) in [5.74, 6) is -2.96. The number of carbonyl (C=O) groups is 2. The molecule has 0 aliphatic rings. The molecule has 0 fully saturated rings. The molecule has 0 bridgehead atoms. The lowest BCUT2D eigenvalue weighted by molar-refractivity contribution is -0.130. The predicted molar refractivity (Wildman–Crippen MR) is 177 cm³/mol. The van der Waals surface area contributed by atoms with Crippen molar-refractivity contribution in [1.82, 2.24) is 20.3 Å². The van der Waals surface area contributed by atoms with Crippen molar-refractivity contribution in [1.29, 1.82) is 0 Å². The van der Waals surface area contributed by atoms with Gasteiger partial charge in [-0.2, -0.15) is 4.31 Å². The Bertz CT molecular complexity index is 1550. The van der Waals surface area contributed by atoms with Gasteiger partial charge in [-0.3, -0.25) is 9.59 Å². The first-order valence-electron chi connectivity index (χ1n) is 15.5. The molecule has 13 heteroatoms. The molecule has 3 rings (SSSR count). The molecule has 0 aromatic heterocycles. The van der Waals surface area contributed by atoms with E-state index in [1.807, 2.05) is 44.2 Å². The fourth-order valence-corrected chi connectivity index (χ4v) is 6.64. The van der Waals surface area contributed by atoms with Crippen LogP contribution in [-0.4, -0.2) is 67.5 Å². The number of carbonyl (C=O) groups excluding carboxylic acids is 2. The molecule has 0 radical (unpaired) electrons. The van der Waals surface area contributed by atoms with E-state index in [9.17, 15) is 31.9 Å². The topological polar surface area (TPSA) is 154 Å². The Morgan fingerprint density at radius 1 is 0.872 bits per heavy atom. The van der Waals surface area contributed by atoms with Crippen LogP contribution in [0.3, 0.4) is 0 Å². The van der Waals surface area contributed by atoms with E-state index >= 15 is 0 Å². The second kappa shape index (κ2) is 17.3. The molecule has 2 amide bonds. The Morgan fingerprint density at radius 3 is 2.06 bits per heavy atom. The molecule has 0 aliphatic carbocycles. The van der Waals surface area contributed by atoms with Gasteiger partial charge < -0.3 is 26.8 Å². The van der Waals surface area contributed by atoms with Gasteiger partial charge in [-0.25, -0.2) is 17.2 Å². The van der Waals surface area contributed by atoms with E-state index in [0.717, 1.165) is 23.8 Å². The van der Waals surface area contributed by atoms with Gasteiger partial charge in [0.25, 0.3) is 0 Å². The van der Waals surface area contributed by atoms with Crippen LogP contribution in [0.5, 0.6) is 0 Å². The van der Waals surface area contributed by atoms with Gasteiger partial charge in [-0.05, 0) is 65.8 Å². The largest absolute Gasteiger partial charge is 0.399 e. The van der Waals surface area contributed by atoms with Crippen LogP contribution in [0.4, 0.5) is 14.5 Å². The molecule has 10 nitrogen and oxygen atoms in total. The fraction of sp³-hybridized carbons (Fsp3) is 0.412. The molecule has 256 valence electrons. The van der Waals surface area contributed by atoms with Gasteiger partial charge in [0.15, 0.2) is 0 Å². The number of nitrogens with two attached hydrogens (primary N) is 1. The summed E-state index contributed by atoms with van der Waals surface area (Å²) in [5, 5.41) is 19.9. The Labute approximate surface area is 275 Å². The van der Waals surface area contributed by atoms with Gasteiger partial charge in [0.1, 0.15) is 17.7 Å². The number of sulfonamides is 1. The maximum atomic E-state index is 13.6. The lowest BCUT2D eigenvalue weighted by Gasteiger charge is -2.32. The van der Waals surface area contributed by atoms with E-state index in [0.29, 0.717) is 11.3 Å². The van der Waals surface area contributed by atoms with Gasteiger partial charge in [-0.15, -0.1) is 0 Å². The SMILES string of the molecule is CC(C)CN(C[C@@H](O)[C@H](Cc1ccccc1)NC(=O)[C@@H](NC(=O)CNCc1cc(F)cc(F)c1)C(C)C)S(=O)(=O)c1ccc(N)cc1. The third-order valence-corrected chi connectivity index (χ3v) is 9.22. The molecule has 0 saturated carbocycles. The van der Waals surface area contributed by atoms with E-state index < -0.39 is 51.7 Å². The van der Waals surface area contributed by atoms with Gasteiger partial charge in [0, 0.05) is 31.4 Å². The standard InChI is InChI=1S/C34H45F2N5O5S/c1-22(2)20-41(47(45,46)29-12-10-28(37)11-13-29)21-31(42)30(16-24-8-6-5-7-9-24)39-34(44)33(23(3)4)40-32(43)19-38-18-25-14-26(35)17-27(36)15-25/h5-15,17,22-23,30-31,33,38,42H,16,18-21,37H2,1-4H3,(H,39,44)(H,40,43)/t30-,31+,33-/m0/s1. The first kappa shape index (κ1) is 37.5. The molecule has 47 heavy (non-hydrogen) atoms. The highest BCUT2D eigenvalue weighted by molar-refractivity contribution is 7.89. The number of anilines is 1. The first-order valence-corrected chi connectivity index (χ1v) is 16.9. The van der Waals surface area contributed by atoms with Crippen LogP contribution < -0.4 is 21.7 Å². The minimum Gasteiger partial charge on any atom is -0.399 e. The van der Waals surface area contributed by atoms with Gasteiger partial charge in [-0.1, -0.05) is 58.0 Å². The molecule has 6 N–H and O–H groups in total. The summed E-state index contributed by atoms with van der Waals surface area (Å²) in [5.41, 5.74) is 7.29. The van der Waals surface area contributed by atoms with E-state index in [1.54, 1.807) is 13.8 Å². The molecule has 3 atom stereocenters. The van der Waals surface area contributed by atoms with Crippen molar-refractivity contribution in [3.8, 4) is 0 Å². The van der Waals surface area contributed by atoms with E-state index in [-0.39, 0.29) is 49.3 Å². The summed E-state index contributed by atoms with van der Waals surface area (Å²) < 4.78 is 55.5. The normalized spacial score (nSPS) is 13.8. The van der Waals surface area contributed by atoms with E-state index in [4.69, 9.17) is 5.73 Å². The number of aliphatic hydroxyl groups excluding tert-OH is 1. The number of halogens is 2. The number of hydrogen-bond acceptors (Lipinski definition) is 7. The molecule has 0 saturated heterocycles. The molecular formula is C34H45F2N5O5S. The maximum absolute atomic E-state index is 13.6. The molecule has 0 unspecified atom stereocenters. The van der Waals surface area contributed by atoms with Crippen molar-refractivity contribution in [3.05, 3.63) is 95.6 Å². The van der Waals surface area contributed by atoms with Gasteiger partial charge >= 0.3 is 0 Å². The highest BCUT2D eigenvalue weighted by Gasteiger charge is 2.33. The van der Waals surface area contributed by atoms with Crippen molar-refractivity contribution in [3.63, 3.8) is 0 Å². The Kier molecular flexibility index (Phi) is 13.8. The van der Waals surface area contributed by atoms with Crippen molar-refractivity contribution in [2.45, 2.75) is 63.7 Å². The lowest BCUT2D eigenvalue weighted by atomic mass is 9.98. The summed E-state index contributed by atoms with van der Waals surface area (Å²) in [6.45, 7) is 6.85.